The average molecular weight is 323 g/mol. The van der Waals surface area contributed by atoms with Gasteiger partial charge in [0, 0.05) is 25.2 Å². The van der Waals surface area contributed by atoms with Crippen molar-refractivity contribution in [3.8, 4) is 5.75 Å². The lowest BCUT2D eigenvalue weighted by molar-refractivity contribution is 0.102. The smallest absolute Gasteiger partial charge is 0.258 e. The molecule has 1 N–H and O–H groups in total. The Morgan fingerprint density at radius 3 is 2.55 bits per heavy atom. The standard InChI is InChI=1S/C14H17N3O4S/c1-17-10-11(9-15-17)14(18)16-12-3-5-13(6-4-12)21-7-8-22(2,19)20/h3-6,9-10H,7-8H2,1-2H3,(H,16,18). The van der Waals surface area contributed by atoms with Crippen LogP contribution in [0.25, 0.3) is 0 Å². The number of hydrogen-bond donors (Lipinski definition) is 1. The summed E-state index contributed by atoms with van der Waals surface area (Å²) in [5.74, 6) is 0.258. The van der Waals surface area contributed by atoms with Crippen LogP contribution < -0.4 is 10.1 Å². The average Bonchev–Trinajstić information content (AvgIpc) is 2.86. The van der Waals surface area contributed by atoms with Gasteiger partial charge in [-0.1, -0.05) is 0 Å². The van der Waals surface area contributed by atoms with E-state index in [2.05, 4.69) is 10.4 Å². The number of anilines is 1. The quantitative estimate of drug-likeness (QED) is 0.859. The van der Waals surface area contributed by atoms with Crippen LogP contribution in [0.2, 0.25) is 0 Å². The maximum atomic E-state index is 11.9. The molecule has 1 aromatic carbocycles. The van der Waals surface area contributed by atoms with Gasteiger partial charge < -0.3 is 10.1 Å². The van der Waals surface area contributed by atoms with Crippen LogP contribution in [-0.2, 0) is 16.9 Å². The van der Waals surface area contributed by atoms with Gasteiger partial charge in [0.05, 0.1) is 17.5 Å². The van der Waals surface area contributed by atoms with Crippen molar-refractivity contribution in [1.29, 1.82) is 0 Å². The van der Waals surface area contributed by atoms with Crippen molar-refractivity contribution in [3.63, 3.8) is 0 Å². The Labute approximate surface area is 128 Å². The molecule has 118 valence electrons. The molecule has 22 heavy (non-hydrogen) atoms. The van der Waals surface area contributed by atoms with E-state index in [1.807, 2.05) is 0 Å². The van der Waals surface area contributed by atoms with E-state index in [1.165, 1.54) is 6.20 Å². The van der Waals surface area contributed by atoms with E-state index in [-0.39, 0.29) is 18.3 Å². The molecular weight excluding hydrogens is 306 g/mol. The lowest BCUT2D eigenvalue weighted by Gasteiger charge is -2.07. The van der Waals surface area contributed by atoms with E-state index >= 15 is 0 Å². The summed E-state index contributed by atoms with van der Waals surface area (Å²) in [6.45, 7) is 0.0974. The third-order valence-electron chi connectivity index (χ3n) is 2.80. The molecule has 2 rings (SSSR count). The van der Waals surface area contributed by atoms with Gasteiger partial charge in [0.15, 0.2) is 9.84 Å². The van der Waals surface area contributed by atoms with Gasteiger partial charge in [-0.05, 0) is 24.3 Å². The molecular formula is C14H17N3O4S. The Morgan fingerprint density at radius 1 is 1.32 bits per heavy atom. The highest BCUT2D eigenvalue weighted by Gasteiger charge is 2.08. The maximum Gasteiger partial charge on any atom is 0.258 e. The predicted octanol–water partition coefficient (Wildman–Crippen LogP) is 1.10. The van der Waals surface area contributed by atoms with Crippen LogP contribution in [0.3, 0.4) is 0 Å². The number of nitrogens with zero attached hydrogens (tertiary/aromatic N) is 2. The first-order valence-electron chi connectivity index (χ1n) is 6.54. The molecule has 0 saturated heterocycles. The Bertz CT molecular complexity index is 751. The van der Waals surface area contributed by atoms with Crippen molar-refractivity contribution < 1.29 is 17.9 Å². The van der Waals surface area contributed by atoms with Crippen LogP contribution in [0.5, 0.6) is 5.75 Å². The monoisotopic (exact) mass is 323 g/mol. The number of carbonyl (C=O) groups is 1. The second-order valence-electron chi connectivity index (χ2n) is 4.86. The molecule has 0 spiro atoms. The third-order valence-corrected chi connectivity index (χ3v) is 3.71. The summed E-state index contributed by atoms with van der Waals surface area (Å²) in [6.07, 6.45) is 4.27. The summed E-state index contributed by atoms with van der Waals surface area (Å²) >= 11 is 0. The number of benzene rings is 1. The minimum absolute atomic E-state index is 0.0352. The third kappa shape index (κ3) is 4.88. The number of aromatic nitrogens is 2. The van der Waals surface area contributed by atoms with Crippen molar-refractivity contribution in [2.75, 3.05) is 23.9 Å². The predicted molar refractivity (Wildman–Crippen MR) is 82.8 cm³/mol. The fraction of sp³-hybridized carbons (Fsp3) is 0.286. The maximum absolute atomic E-state index is 11.9. The summed E-state index contributed by atoms with van der Waals surface area (Å²) in [5, 5.41) is 6.67. The Morgan fingerprint density at radius 2 is 2.00 bits per heavy atom. The van der Waals surface area contributed by atoms with E-state index < -0.39 is 9.84 Å². The second kappa shape index (κ2) is 6.61. The molecule has 1 aromatic heterocycles. The zero-order chi connectivity index (χ0) is 16.2. The highest BCUT2D eigenvalue weighted by molar-refractivity contribution is 7.90. The van der Waals surface area contributed by atoms with Gasteiger partial charge in [-0.25, -0.2) is 8.42 Å². The Kier molecular flexibility index (Phi) is 4.81. The van der Waals surface area contributed by atoms with E-state index in [0.29, 0.717) is 17.0 Å². The van der Waals surface area contributed by atoms with Crippen LogP contribution in [0.1, 0.15) is 10.4 Å². The molecule has 0 aliphatic rings. The van der Waals surface area contributed by atoms with Crippen molar-refractivity contribution in [2.24, 2.45) is 7.05 Å². The second-order valence-corrected chi connectivity index (χ2v) is 7.12. The summed E-state index contributed by atoms with van der Waals surface area (Å²) < 4.78 is 28.9. The summed E-state index contributed by atoms with van der Waals surface area (Å²) in [7, 11) is -1.30. The first-order valence-corrected chi connectivity index (χ1v) is 8.60. The molecule has 1 heterocycles. The molecule has 7 nitrogen and oxygen atoms in total. The number of sulfone groups is 1. The van der Waals surface area contributed by atoms with Gasteiger partial charge in [-0.15, -0.1) is 0 Å². The zero-order valence-electron chi connectivity index (χ0n) is 12.3. The minimum Gasteiger partial charge on any atom is -0.493 e. The van der Waals surface area contributed by atoms with Crippen LogP contribution in [0, 0.1) is 0 Å². The molecule has 0 bridgehead atoms. The highest BCUT2D eigenvalue weighted by atomic mass is 32.2. The number of hydrogen-bond acceptors (Lipinski definition) is 5. The molecule has 0 aliphatic carbocycles. The summed E-state index contributed by atoms with van der Waals surface area (Å²) in [6, 6.07) is 6.70. The normalized spacial score (nSPS) is 11.2. The number of nitrogens with one attached hydrogen (secondary N) is 1. The first-order chi connectivity index (χ1) is 10.3. The summed E-state index contributed by atoms with van der Waals surface area (Å²) in [5.41, 5.74) is 1.08. The molecule has 0 saturated carbocycles. The van der Waals surface area contributed by atoms with Gasteiger partial charge >= 0.3 is 0 Å². The molecule has 2 aromatic rings. The number of ether oxygens (including phenoxy) is 1. The van der Waals surface area contributed by atoms with Gasteiger partial charge in [0.25, 0.3) is 5.91 Å². The van der Waals surface area contributed by atoms with E-state index in [4.69, 9.17) is 4.74 Å². The first kappa shape index (κ1) is 16.0. The number of carbonyl (C=O) groups excluding carboxylic acids is 1. The van der Waals surface area contributed by atoms with Gasteiger partial charge in [0.2, 0.25) is 0 Å². The molecule has 0 aliphatic heterocycles. The molecule has 0 radical (unpaired) electrons. The molecule has 0 unspecified atom stereocenters. The van der Waals surface area contributed by atoms with Crippen LogP contribution in [0.4, 0.5) is 5.69 Å². The number of aryl methyl sites for hydroxylation is 1. The SMILES string of the molecule is Cn1cc(C(=O)Nc2ccc(OCCS(C)(=O)=O)cc2)cn1. The molecule has 0 fully saturated rings. The van der Waals surface area contributed by atoms with Crippen LogP contribution >= 0.6 is 0 Å². The van der Waals surface area contributed by atoms with Gasteiger partial charge in [0.1, 0.15) is 12.4 Å². The largest absolute Gasteiger partial charge is 0.493 e. The highest BCUT2D eigenvalue weighted by Crippen LogP contribution is 2.16. The fourth-order valence-corrected chi connectivity index (χ4v) is 2.07. The Hall–Kier alpha value is -2.35. The zero-order valence-corrected chi connectivity index (χ0v) is 13.1. The van der Waals surface area contributed by atoms with E-state index in [1.54, 1.807) is 42.2 Å². The number of amides is 1. The lowest BCUT2D eigenvalue weighted by atomic mass is 10.2. The van der Waals surface area contributed by atoms with Gasteiger partial charge in [-0.2, -0.15) is 5.10 Å². The summed E-state index contributed by atoms with van der Waals surface area (Å²) in [4.78, 5) is 11.9. The van der Waals surface area contributed by atoms with Gasteiger partial charge in [-0.3, -0.25) is 9.48 Å². The van der Waals surface area contributed by atoms with Crippen molar-refractivity contribution >= 4 is 21.4 Å². The number of rotatable bonds is 6. The van der Waals surface area contributed by atoms with Crippen molar-refractivity contribution in [1.82, 2.24) is 9.78 Å². The minimum atomic E-state index is -3.04. The van der Waals surface area contributed by atoms with E-state index in [0.717, 1.165) is 6.26 Å². The van der Waals surface area contributed by atoms with Crippen molar-refractivity contribution in [3.05, 3.63) is 42.2 Å². The topological polar surface area (TPSA) is 90.3 Å². The molecule has 8 heteroatoms. The molecule has 1 amide bonds. The van der Waals surface area contributed by atoms with Crippen molar-refractivity contribution in [2.45, 2.75) is 0 Å². The van der Waals surface area contributed by atoms with E-state index in [9.17, 15) is 13.2 Å². The van der Waals surface area contributed by atoms with Crippen LogP contribution in [-0.4, -0.2) is 42.7 Å². The molecule has 0 atom stereocenters. The fourth-order valence-electron chi connectivity index (χ4n) is 1.69. The Balaban J connectivity index is 1.90. The van der Waals surface area contributed by atoms with Crippen LogP contribution in [0.15, 0.2) is 36.7 Å². The lowest BCUT2D eigenvalue weighted by Crippen LogP contribution is -2.12.